The topological polar surface area (TPSA) is 90.6 Å². The van der Waals surface area contributed by atoms with Gasteiger partial charge in [0.15, 0.2) is 6.23 Å². The zero-order valence-corrected chi connectivity index (χ0v) is 18.9. The van der Waals surface area contributed by atoms with Crippen molar-refractivity contribution in [1.29, 1.82) is 5.26 Å². The fourth-order valence-corrected chi connectivity index (χ4v) is 6.84. The van der Waals surface area contributed by atoms with Crippen LogP contribution >= 0.6 is 0 Å². The van der Waals surface area contributed by atoms with Gasteiger partial charge in [-0.25, -0.2) is 4.90 Å². The molecular formula is C23H42N6O2+2. The summed E-state index contributed by atoms with van der Waals surface area (Å²) < 4.78 is 5.51. The Kier molecular flexibility index (Phi) is 7.41. The van der Waals surface area contributed by atoms with Crippen molar-refractivity contribution in [3.63, 3.8) is 0 Å². The molecule has 8 nitrogen and oxygen atoms in total. The van der Waals surface area contributed by atoms with Crippen molar-refractivity contribution >= 4 is 0 Å². The minimum absolute atomic E-state index is 0.120. The van der Waals surface area contributed by atoms with Crippen molar-refractivity contribution in [2.24, 2.45) is 17.8 Å². The Morgan fingerprint density at radius 3 is 2.81 bits per heavy atom. The number of rotatable bonds is 5. The molecule has 4 saturated heterocycles. The fourth-order valence-electron chi connectivity index (χ4n) is 6.84. The quantitative estimate of drug-likeness (QED) is 0.433. The highest BCUT2D eigenvalue weighted by atomic mass is 16.7. The Morgan fingerprint density at radius 1 is 1.10 bits per heavy atom. The van der Waals surface area contributed by atoms with E-state index in [0.29, 0.717) is 24.0 Å². The number of quaternary nitrogens is 2. The van der Waals surface area contributed by atoms with Crippen LogP contribution in [0.1, 0.15) is 51.4 Å². The molecule has 1 aliphatic carbocycles. The number of nitriles is 1. The summed E-state index contributed by atoms with van der Waals surface area (Å²) in [6.45, 7) is 7.54. The summed E-state index contributed by atoms with van der Waals surface area (Å²) >= 11 is 0. The van der Waals surface area contributed by atoms with E-state index in [0.717, 1.165) is 45.7 Å². The zero-order valence-electron chi connectivity index (χ0n) is 18.9. The monoisotopic (exact) mass is 434 g/mol. The van der Waals surface area contributed by atoms with E-state index in [9.17, 15) is 5.26 Å². The van der Waals surface area contributed by atoms with Gasteiger partial charge in [0, 0.05) is 50.1 Å². The van der Waals surface area contributed by atoms with Gasteiger partial charge in [0.1, 0.15) is 12.2 Å². The minimum Gasteiger partial charge on any atom is -0.379 e. The molecule has 5 N–H and O–H groups in total. The van der Waals surface area contributed by atoms with Gasteiger partial charge in [-0.2, -0.15) is 10.7 Å². The lowest BCUT2D eigenvalue weighted by Gasteiger charge is -2.37. The molecule has 0 spiro atoms. The van der Waals surface area contributed by atoms with Crippen LogP contribution < -0.4 is 21.0 Å². The molecule has 0 radical (unpaired) electrons. The van der Waals surface area contributed by atoms with Crippen molar-refractivity contribution in [3.05, 3.63) is 0 Å². The maximum atomic E-state index is 9.33. The lowest BCUT2D eigenvalue weighted by atomic mass is 9.82. The predicted octanol–water partition coefficient (Wildman–Crippen LogP) is -1.23. The van der Waals surface area contributed by atoms with Crippen LogP contribution in [-0.2, 0) is 9.57 Å². The summed E-state index contributed by atoms with van der Waals surface area (Å²) in [5.41, 5.74) is 3.37. The second kappa shape index (κ2) is 10.4. The number of nitrogens with one attached hydrogen (secondary N) is 3. The molecule has 0 aromatic heterocycles. The van der Waals surface area contributed by atoms with E-state index < -0.39 is 0 Å². The lowest BCUT2D eigenvalue weighted by molar-refractivity contribution is -0.919. The van der Waals surface area contributed by atoms with Crippen molar-refractivity contribution in [2.45, 2.75) is 76.0 Å². The highest BCUT2D eigenvalue weighted by molar-refractivity contribution is 4.88. The Labute approximate surface area is 186 Å². The van der Waals surface area contributed by atoms with Crippen molar-refractivity contribution < 1.29 is 19.8 Å². The van der Waals surface area contributed by atoms with Crippen LogP contribution in [0.2, 0.25) is 0 Å². The number of nitrogens with two attached hydrogens (primary N) is 1. The van der Waals surface area contributed by atoms with E-state index in [2.05, 4.69) is 27.1 Å². The van der Waals surface area contributed by atoms with Gasteiger partial charge in [0.05, 0.1) is 45.1 Å². The van der Waals surface area contributed by atoms with Crippen LogP contribution in [0.15, 0.2) is 0 Å². The fraction of sp³-hybridized carbons (Fsp3) is 0.957. The summed E-state index contributed by atoms with van der Waals surface area (Å²) in [6.07, 6.45) is 10.8. The average molecular weight is 435 g/mol. The van der Waals surface area contributed by atoms with E-state index in [1.54, 1.807) is 4.90 Å². The van der Waals surface area contributed by atoms with Gasteiger partial charge in [0.25, 0.3) is 0 Å². The number of likely N-dealkylation sites (tertiary alicyclic amines) is 1. The molecular weight excluding hydrogens is 392 g/mol. The molecule has 8 atom stereocenters. The van der Waals surface area contributed by atoms with Crippen LogP contribution in [0.3, 0.4) is 0 Å². The summed E-state index contributed by atoms with van der Waals surface area (Å²) in [6, 6.07) is 3.06. The summed E-state index contributed by atoms with van der Waals surface area (Å²) in [7, 11) is 0. The van der Waals surface area contributed by atoms with Crippen LogP contribution in [0.4, 0.5) is 0 Å². The number of ether oxygens (including phenoxy) is 1. The molecule has 174 valence electrons. The van der Waals surface area contributed by atoms with Gasteiger partial charge in [-0.1, -0.05) is 6.42 Å². The highest BCUT2D eigenvalue weighted by Crippen LogP contribution is 2.28. The molecule has 4 heterocycles. The van der Waals surface area contributed by atoms with Gasteiger partial charge >= 0.3 is 0 Å². The first-order chi connectivity index (χ1) is 15.3. The number of piperidine rings is 1. The molecule has 0 aromatic rings. The molecule has 0 bridgehead atoms. The van der Waals surface area contributed by atoms with E-state index in [1.165, 1.54) is 51.6 Å². The molecule has 5 aliphatic rings. The number of nitrogens with zero attached hydrogens (tertiary/aromatic N) is 2. The van der Waals surface area contributed by atoms with Crippen molar-refractivity contribution in [2.75, 3.05) is 45.9 Å². The SMILES string of the molecule is N#CC1CCCC(C[NH+]2CCCC2C2NC(C3CCC(N4CCOCC4)[NH2+]C3)NO2)C1. The third-order valence-electron chi connectivity index (χ3n) is 8.62. The predicted molar refractivity (Wildman–Crippen MR) is 115 cm³/mol. The number of hydroxylamine groups is 1. The molecule has 8 unspecified atom stereocenters. The molecule has 0 aromatic carbocycles. The third kappa shape index (κ3) is 5.25. The van der Waals surface area contributed by atoms with Gasteiger partial charge in [-0.15, -0.1) is 0 Å². The highest BCUT2D eigenvalue weighted by Gasteiger charge is 2.44. The largest absolute Gasteiger partial charge is 0.379 e. The lowest BCUT2D eigenvalue weighted by Crippen LogP contribution is -3.15. The van der Waals surface area contributed by atoms with Crippen LogP contribution in [0.25, 0.3) is 0 Å². The number of hydrogen-bond acceptors (Lipinski definition) is 6. The molecule has 5 fully saturated rings. The van der Waals surface area contributed by atoms with Crippen molar-refractivity contribution in [1.82, 2.24) is 15.7 Å². The van der Waals surface area contributed by atoms with E-state index in [-0.39, 0.29) is 18.3 Å². The Hall–Kier alpha value is -0.790. The smallest absolute Gasteiger partial charge is 0.183 e. The second-order valence-electron chi connectivity index (χ2n) is 10.5. The first-order valence-corrected chi connectivity index (χ1v) is 12.9. The van der Waals surface area contributed by atoms with E-state index >= 15 is 0 Å². The second-order valence-corrected chi connectivity index (χ2v) is 10.5. The van der Waals surface area contributed by atoms with Crippen LogP contribution in [0.5, 0.6) is 0 Å². The molecule has 4 aliphatic heterocycles. The average Bonchev–Trinajstić information content (AvgIpc) is 3.49. The van der Waals surface area contributed by atoms with Crippen LogP contribution in [-0.4, -0.2) is 75.4 Å². The van der Waals surface area contributed by atoms with Gasteiger partial charge in [-0.3, -0.25) is 10.2 Å². The molecule has 0 amide bonds. The van der Waals surface area contributed by atoms with E-state index in [1.807, 2.05) is 0 Å². The molecule has 8 heteroatoms. The maximum absolute atomic E-state index is 9.33. The first kappa shape index (κ1) is 22.0. The standard InChI is InChI=1S/C23H40N6O2/c24-14-17-3-1-4-18(13-17)16-29-8-2-5-20(29)23-26-22(27-31-23)19-6-7-21(25-15-19)28-9-11-30-12-10-28/h17-23,25-27H,1-13,15-16H2/p+2. The summed E-state index contributed by atoms with van der Waals surface area (Å²) in [4.78, 5) is 10.4. The maximum Gasteiger partial charge on any atom is 0.183 e. The Bertz CT molecular complexity index is 616. The summed E-state index contributed by atoms with van der Waals surface area (Å²) in [5, 5.41) is 15.7. The molecule has 31 heavy (non-hydrogen) atoms. The van der Waals surface area contributed by atoms with Gasteiger partial charge < -0.3 is 15.0 Å². The zero-order chi connectivity index (χ0) is 21.0. The summed E-state index contributed by atoms with van der Waals surface area (Å²) in [5.74, 6) is 1.61. The minimum atomic E-state index is 0.120. The van der Waals surface area contributed by atoms with Crippen LogP contribution in [0, 0.1) is 29.1 Å². The van der Waals surface area contributed by atoms with Gasteiger partial charge in [0.2, 0.25) is 0 Å². The Balaban J connectivity index is 1.09. The molecule has 5 rings (SSSR count). The normalized spacial score (nSPS) is 44.9. The Morgan fingerprint density at radius 2 is 2.00 bits per heavy atom. The first-order valence-electron chi connectivity index (χ1n) is 12.9. The number of hydrogen-bond donors (Lipinski definition) is 4. The van der Waals surface area contributed by atoms with E-state index in [4.69, 9.17) is 9.57 Å². The molecule has 1 saturated carbocycles. The van der Waals surface area contributed by atoms with Crippen molar-refractivity contribution in [3.8, 4) is 6.07 Å². The van der Waals surface area contributed by atoms with Gasteiger partial charge in [-0.05, 0) is 25.7 Å². The number of morpholine rings is 1. The third-order valence-corrected chi connectivity index (χ3v) is 8.62.